The molecular weight excluding hydrogens is 154 g/mol. The first kappa shape index (κ1) is 9.87. The van der Waals surface area contributed by atoms with Gasteiger partial charge in [-0.25, -0.2) is 13.6 Å². The predicted octanol–water partition coefficient (Wildman–Crippen LogP) is -0.707. The SMILES string of the molecule is CC[C@H](CO)CS(N)(=O)=O. The number of aliphatic hydroxyl groups is 1. The Kier molecular flexibility index (Phi) is 3.85. The summed E-state index contributed by atoms with van der Waals surface area (Å²) in [7, 11) is -3.41. The van der Waals surface area contributed by atoms with Crippen LogP contribution in [0.25, 0.3) is 0 Å². The lowest BCUT2D eigenvalue weighted by Gasteiger charge is -2.07. The van der Waals surface area contributed by atoms with Gasteiger partial charge in [-0.15, -0.1) is 0 Å². The van der Waals surface area contributed by atoms with Gasteiger partial charge in [0.1, 0.15) is 0 Å². The number of primary sulfonamides is 1. The molecule has 0 unspecified atom stereocenters. The van der Waals surface area contributed by atoms with E-state index in [0.29, 0.717) is 6.42 Å². The number of aliphatic hydroxyl groups excluding tert-OH is 1. The van der Waals surface area contributed by atoms with Crippen molar-refractivity contribution in [2.45, 2.75) is 13.3 Å². The van der Waals surface area contributed by atoms with Gasteiger partial charge >= 0.3 is 0 Å². The average molecular weight is 167 g/mol. The molecule has 0 aromatic carbocycles. The van der Waals surface area contributed by atoms with E-state index in [1.807, 2.05) is 6.92 Å². The summed E-state index contributed by atoms with van der Waals surface area (Å²) in [5.74, 6) is -0.338. The van der Waals surface area contributed by atoms with Crippen LogP contribution in [0.2, 0.25) is 0 Å². The van der Waals surface area contributed by atoms with E-state index < -0.39 is 10.0 Å². The van der Waals surface area contributed by atoms with Crippen molar-refractivity contribution < 1.29 is 13.5 Å². The average Bonchev–Trinajstić information content (AvgIpc) is 1.81. The number of sulfonamides is 1. The van der Waals surface area contributed by atoms with Gasteiger partial charge in [0.25, 0.3) is 0 Å². The molecule has 1 atom stereocenters. The molecule has 0 aromatic heterocycles. The topological polar surface area (TPSA) is 80.4 Å². The Morgan fingerprint density at radius 1 is 1.60 bits per heavy atom. The summed E-state index contributed by atoms with van der Waals surface area (Å²) in [6, 6.07) is 0. The number of hydrogen-bond acceptors (Lipinski definition) is 3. The van der Waals surface area contributed by atoms with Crippen molar-refractivity contribution in [3.05, 3.63) is 0 Å². The monoisotopic (exact) mass is 167 g/mol. The smallest absolute Gasteiger partial charge is 0.209 e. The van der Waals surface area contributed by atoms with E-state index in [1.54, 1.807) is 0 Å². The highest BCUT2D eigenvalue weighted by Gasteiger charge is 2.11. The van der Waals surface area contributed by atoms with Crippen LogP contribution >= 0.6 is 0 Å². The Morgan fingerprint density at radius 3 is 2.20 bits per heavy atom. The fraction of sp³-hybridized carbons (Fsp3) is 1.00. The molecular formula is C5H13NO3S. The first-order valence-electron chi connectivity index (χ1n) is 3.11. The Morgan fingerprint density at radius 2 is 2.10 bits per heavy atom. The maximum absolute atomic E-state index is 10.4. The summed E-state index contributed by atoms with van der Waals surface area (Å²) in [5.41, 5.74) is 0. The van der Waals surface area contributed by atoms with Gasteiger partial charge in [0.2, 0.25) is 10.0 Å². The molecule has 3 N–H and O–H groups in total. The summed E-state index contributed by atoms with van der Waals surface area (Å²) >= 11 is 0. The van der Waals surface area contributed by atoms with E-state index in [0.717, 1.165) is 0 Å². The van der Waals surface area contributed by atoms with Crippen molar-refractivity contribution in [2.75, 3.05) is 12.4 Å². The molecule has 0 heterocycles. The molecule has 5 heteroatoms. The van der Waals surface area contributed by atoms with Gasteiger partial charge in [-0.05, 0) is 5.92 Å². The van der Waals surface area contributed by atoms with Crippen molar-refractivity contribution in [1.82, 2.24) is 0 Å². The number of rotatable bonds is 4. The highest BCUT2D eigenvalue weighted by atomic mass is 32.2. The molecule has 0 rings (SSSR count). The molecule has 0 aliphatic rings. The van der Waals surface area contributed by atoms with Crippen LogP contribution in [0.4, 0.5) is 0 Å². The molecule has 0 saturated carbocycles. The second-order valence-corrected chi connectivity index (χ2v) is 3.95. The van der Waals surface area contributed by atoms with Crippen molar-refractivity contribution >= 4 is 10.0 Å². The van der Waals surface area contributed by atoms with Crippen LogP contribution < -0.4 is 5.14 Å². The Balaban J connectivity index is 3.87. The normalized spacial score (nSPS) is 15.1. The molecule has 0 saturated heterocycles. The zero-order valence-corrected chi connectivity index (χ0v) is 6.76. The van der Waals surface area contributed by atoms with E-state index in [1.165, 1.54) is 0 Å². The summed E-state index contributed by atoms with van der Waals surface area (Å²) in [6.45, 7) is 1.69. The quantitative estimate of drug-likeness (QED) is 0.580. The molecule has 0 amide bonds. The Hall–Kier alpha value is -0.130. The minimum Gasteiger partial charge on any atom is -0.396 e. The third kappa shape index (κ3) is 4.72. The zero-order chi connectivity index (χ0) is 8.20. The number of hydrogen-bond donors (Lipinski definition) is 2. The summed E-state index contributed by atoms with van der Waals surface area (Å²) < 4.78 is 20.9. The predicted molar refractivity (Wildman–Crippen MR) is 38.8 cm³/mol. The first-order chi connectivity index (χ1) is 4.49. The molecule has 0 aliphatic carbocycles. The molecule has 0 fully saturated rings. The molecule has 0 aliphatic heterocycles. The first-order valence-corrected chi connectivity index (χ1v) is 4.82. The maximum Gasteiger partial charge on any atom is 0.209 e. The van der Waals surface area contributed by atoms with Gasteiger partial charge in [-0.1, -0.05) is 13.3 Å². The van der Waals surface area contributed by atoms with Crippen LogP contribution in [0.15, 0.2) is 0 Å². The van der Waals surface area contributed by atoms with Gasteiger partial charge in [0.15, 0.2) is 0 Å². The van der Waals surface area contributed by atoms with Crippen LogP contribution in [-0.2, 0) is 10.0 Å². The van der Waals surface area contributed by atoms with E-state index in [2.05, 4.69) is 0 Å². The second kappa shape index (κ2) is 3.90. The van der Waals surface area contributed by atoms with Crippen LogP contribution in [-0.4, -0.2) is 25.9 Å². The number of nitrogens with two attached hydrogens (primary N) is 1. The molecule has 10 heavy (non-hydrogen) atoms. The van der Waals surface area contributed by atoms with E-state index in [4.69, 9.17) is 10.2 Å². The van der Waals surface area contributed by atoms with Crippen LogP contribution in [0.3, 0.4) is 0 Å². The minimum absolute atomic E-state index is 0.118. The van der Waals surface area contributed by atoms with Gasteiger partial charge in [-0.2, -0.15) is 0 Å². The Labute approximate surface area is 61.1 Å². The van der Waals surface area contributed by atoms with Crippen molar-refractivity contribution in [1.29, 1.82) is 0 Å². The van der Waals surface area contributed by atoms with Gasteiger partial charge < -0.3 is 5.11 Å². The van der Waals surface area contributed by atoms with Crippen LogP contribution in [0.1, 0.15) is 13.3 Å². The standard InChI is InChI=1S/C5H13NO3S/c1-2-5(3-7)4-10(6,8)9/h5,7H,2-4H2,1H3,(H2,6,8,9)/t5-/m1/s1. The summed E-state index contributed by atoms with van der Waals surface area (Å²) in [6.07, 6.45) is 0.632. The minimum atomic E-state index is -3.41. The molecule has 0 radical (unpaired) electrons. The van der Waals surface area contributed by atoms with Gasteiger partial charge in [-0.3, -0.25) is 0 Å². The summed E-state index contributed by atoms with van der Waals surface area (Å²) in [4.78, 5) is 0. The zero-order valence-electron chi connectivity index (χ0n) is 5.95. The largest absolute Gasteiger partial charge is 0.396 e. The van der Waals surface area contributed by atoms with Gasteiger partial charge in [0, 0.05) is 6.61 Å². The molecule has 0 spiro atoms. The molecule has 0 aromatic rings. The van der Waals surface area contributed by atoms with E-state index in [-0.39, 0.29) is 18.3 Å². The third-order valence-corrected chi connectivity index (χ3v) is 2.24. The fourth-order valence-electron chi connectivity index (χ4n) is 0.628. The lowest BCUT2D eigenvalue weighted by Crippen LogP contribution is -2.24. The van der Waals surface area contributed by atoms with Crippen LogP contribution in [0.5, 0.6) is 0 Å². The van der Waals surface area contributed by atoms with Crippen LogP contribution in [0, 0.1) is 5.92 Å². The lowest BCUT2D eigenvalue weighted by molar-refractivity contribution is 0.235. The molecule has 62 valence electrons. The van der Waals surface area contributed by atoms with E-state index >= 15 is 0 Å². The Bertz CT molecular complexity index is 171. The lowest BCUT2D eigenvalue weighted by atomic mass is 10.1. The fourth-order valence-corrected chi connectivity index (χ4v) is 1.63. The van der Waals surface area contributed by atoms with Crippen molar-refractivity contribution in [3.63, 3.8) is 0 Å². The second-order valence-electron chi connectivity index (χ2n) is 2.29. The third-order valence-electron chi connectivity index (χ3n) is 1.30. The van der Waals surface area contributed by atoms with Gasteiger partial charge in [0.05, 0.1) is 5.75 Å². The molecule has 0 bridgehead atoms. The highest BCUT2D eigenvalue weighted by molar-refractivity contribution is 7.89. The molecule has 4 nitrogen and oxygen atoms in total. The summed E-state index contributed by atoms with van der Waals surface area (Å²) in [5, 5.41) is 13.3. The highest BCUT2D eigenvalue weighted by Crippen LogP contribution is 2.02. The maximum atomic E-state index is 10.4. The van der Waals surface area contributed by atoms with E-state index in [9.17, 15) is 8.42 Å². The van der Waals surface area contributed by atoms with Crippen molar-refractivity contribution in [3.8, 4) is 0 Å². The van der Waals surface area contributed by atoms with Crippen molar-refractivity contribution in [2.24, 2.45) is 11.1 Å².